The first-order chi connectivity index (χ1) is 7.24. The zero-order chi connectivity index (χ0) is 11.1. The van der Waals surface area contributed by atoms with Crippen LogP contribution in [-0.4, -0.2) is 43.1 Å². The van der Waals surface area contributed by atoms with E-state index in [-0.39, 0.29) is 11.9 Å². The Labute approximate surface area is 89.8 Å². The normalized spacial score (nSPS) is 16.7. The number of imide groups is 1. The number of carbonyl (C=O) groups excluding carboxylic acids is 2. The lowest BCUT2D eigenvalue weighted by Gasteiger charge is -2.26. The number of urea groups is 1. The summed E-state index contributed by atoms with van der Waals surface area (Å²) in [6, 6.07) is -0.276. The zero-order valence-corrected chi connectivity index (χ0v) is 9.12. The lowest BCUT2D eigenvalue weighted by Crippen LogP contribution is -2.49. The summed E-state index contributed by atoms with van der Waals surface area (Å²) in [5.74, 6) is -0.182. The van der Waals surface area contributed by atoms with Gasteiger partial charge in [0, 0.05) is 32.7 Å². The number of amides is 3. The van der Waals surface area contributed by atoms with Gasteiger partial charge in [-0.25, -0.2) is 4.79 Å². The molecule has 0 unspecified atom stereocenters. The summed E-state index contributed by atoms with van der Waals surface area (Å²) in [6.45, 7) is 4.68. The Morgan fingerprint density at radius 3 is 2.87 bits per heavy atom. The Hall–Kier alpha value is -1.10. The Kier molecular flexibility index (Phi) is 5.10. The van der Waals surface area contributed by atoms with Crippen LogP contribution in [0.2, 0.25) is 0 Å². The molecule has 0 spiro atoms. The zero-order valence-electron chi connectivity index (χ0n) is 9.12. The number of carbonyl (C=O) groups is 2. The van der Waals surface area contributed by atoms with E-state index in [1.165, 1.54) is 0 Å². The SMILES string of the molecule is CCCOCCCN1CCC(=O)NC1=O. The molecule has 0 atom stereocenters. The first kappa shape index (κ1) is 12.0. The van der Waals surface area contributed by atoms with Gasteiger partial charge in [0.1, 0.15) is 0 Å². The first-order valence-electron chi connectivity index (χ1n) is 5.40. The van der Waals surface area contributed by atoms with Crippen LogP contribution in [0.1, 0.15) is 26.2 Å². The second kappa shape index (κ2) is 6.40. The Balaban J connectivity index is 2.10. The van der Waals surface area contributed by atoms with Gasteiger partial charge in [-0.05, 0) is 12.8 Å². The topological polar surface area (TPSA) is 58.6 Å². The monoisotopic (exact) mass is 214 g/mol. The van der Waals surface area contributed by atoms with Crippen molar-refractivity contribution in [2.45, 2.75) is 26.2 Å². The third-order valence-electron chi connectivity index (χ3n) is 2.21. The maximum absolute atomic E-state index is 11.3. The Morgan fingerprint density at radius 1 is 1.40 bits per heavy atom. The molecule has 1 N–H and O–H groups in total. The molecule has 15 heavy (non-hydrogen) atoms. The molecule has 86 valence electrons. The molecule has 0 aromatic carbocycles. The average molecular weight is 214 g/mol. The number of ether oxygens (including phenoxy) is 1. The van der Waals surface area contributed by atoms with Gasteiger partial charge in [0.2, 0.25) is 5.91 Å². The summed E-state index contributed by atoms with van der Waals surface area (Å²) in [4.78, 5) is 23.8. The van der Waals surface area contributed by atoms with Gasteiger partial charge in [0.15, 0.2) is 0 Å². The highest BCUT2D eigenvalue weighted by Gasteiger charge is 2.21. The highest BCUT2D eigenvalue weighted by atomic mass is 16.5. The third-order valence-corrected chi connectivity index (χ3v) is 2.21. The number of rotatable bonds is 6. The van der Waals surface area contributed by atoms with Crippen LogP contribution in [-0.2, 0) is 9.53 Å². The molecule has 5 heteroatoms. The molecule has 1 fully saturated rings. The molecule has 5 nitrogen and oxygen atoms in total. The molecule has 3 amide bonds. The lowest BCUT2D eigenvalue weighted by atomic mass is 10.3. The van der Waals surface area contributed by atoms with Crippen LogP contribution in [0.3, 0.4) is 0 Å². The molecule has 0 radical (unpaired) electrons. The van der Waals surface area contributed by atoms with Crippen molar-refractivity contribution in [3.8, 4) is 0 Å². The van der Waals surface area contributed by atoms with Crippen molar-refractivity contribution in [2.24, 2.45) is 0 Å². The van der Waals surface area contributed by atoms with Crippen molar-refractivity contribution < 1.29 is 14.3 Å². The van der Waals surface area contributed by atoms with Crippen LogP contribution < -0.4 is 5.32 Å². The fraction of sp³-hybridized carbons (Fsp3) is 0.800. The van der Waals surface area contributed by atoms with E-state index in [4.69, 9.17) is 4.74 Å². The van der Waals surface area contributed by atoms with Crippen molar-refractivity contribution in [3.63, 3.8) is 0 Å². The van der Waals surface area contributed by atoms with Crippen LogP contribution in [0.4, 0.5) is 4.79 Å². The van der Waals surface area contributed by atoms with Crippen molar-refractivity contribution in [1.29, 1.82) is 0 Å². The molecule has 1 rings (SSSR count). The minimum atomic E-state index is -0.276. The summed E-state index contributed by atoms with van der Waals surface area (Å²) in [6.07, 6.45) is 2.24. The summed E-state index contributed by atoms with van der Waals surface area (Å²) >= 11 is 0. The van der Waals surface area contributed by atoms with E-state index in [0.29, 0.717) is 26.1 Å². The molecule has 1 saturated heterocycles. The van der Waals surface area contributed by atoms with Gasteiger partial charge in [-0.3, -0.25) is 10.1 Å². The molecular formula is C10H18N2O3. The van der Waals surface area contributed by atoms with Gasteiger partial charge in [-0.15, -0.1) is 0 Å². The summed E-state index contributed by atoms with van der Waals surface area (Å²) in [5, 5.41) is 2.29. The number of hydrogen-bond donors (Lipinski definition) is 1. The van der Waals surface area contributed by atoms with Crippen molar-refractivity contribution in [2.75, 3.05) is 26.3 Å². The minimum absolute atomic E-state index is 0.182. The van der Waals surface area contributed by atoms with Crippen LogP contribution in [0.5, 0.6) is 0 Å². The van der Waals surface area contributed by atoms with Crippen LogP contribution >= 0.6 is 0 Å². The molecule has 0 saturated carbocycles. The Morgan fingerprint density at radius 2 is 2.20 bits per heavy atom. The summed E-state index contributed by atoms with van der Waals surface area (Å²) in [5.41, 5.74) is 0. The Bertz CT molecular complexity index is 231. The number of nitrogens with zero attached hydrogens (tertiary/aromatic N) is 1. The second-order valence-corrected chi connectivity index (χ2v) is 3.56. The summed E-state index contributed by atoms with van der Waals surface area (Å²) in [7, 11) is 0. The van der Waals surface area contributed by atoms with Gasteiger partial charge in [-0.2, -0.15) is 0 Å². The van der Waals surface area contributed by atoms with Crippen LogP contribution in [0.25, 0.3) is 0 Å². The average Bonchev–Trinajstić information content (AvgIpc) is 2.20. The van der Waals surface area contributed by atoms with Crippen molar-refractivity contribution >= 4 is 11.9 Å². The highest BCUT2D eigenvalue weighted by Crippen LogP contribution is 2.01. The maximum atomic E-state index is 11.3. The van der Waals surface area contributed by atoms with Gasteiger partial charge in [0.05, 0.1) is 0 Å². The van der Waals surface area contributed by atoms with Gasteiger partial charge < -0.3 is 9.64 Å². The van der Waals surface area contributed by atoms with E-state index >= 15 is 0 Å². The molecule has 1 heterocycles. The fourth-order valence-electron chi connectivity index (χ4n) is 1.42. The van der Waals surface area contributed by atoms with Gasteiger partial charge >= 0.3 is 6.03 Å². The van der Waals surface area contributed by atoms with E-state index < -0.39 is 0 Å². The first-order valence-corrected chi connectivity index (χ1v) is 5.40. The van der Waals surface area contributed by atoms with E-state index in [0.717, 1.165) is 19.4 Å². The van der Waals surface area contributed by atoms with Crippen molar-refractivity contribution in [3.05, 3.63) is 0 Å². The molecular weight excluding hydrogens is 196 g/mol. The molecule has 1 aliphatic rings. The smallest absolute Gasteiger partial charge is 0.324 e. The van der Waals surface area contributed by atoms with Gasteiger partial charge in [-0.1, -0.05) is 6.92 Å². The third kappa shape index (κ3) is 4.29. The van der Waals surface area contributed by atoms with E-state index in [2.05, 4.69) is 12.2 Å². The lowest BCUT2D eigenvalue weighted by molar-refractivity contribution is -0.121. The fourth-order valence-corrected chi connectivity index (χ4v) is 1.42. The maximum Gasteiger partial charge on any atom is 0.324 e. The van der Waals surface area contributed by atoms with Crippen LogP contribution in [0, 0.1) is 0 Å². The molecule has 1 aliphatic heterocycles. The highest BCUT2D eigenvalue weighted by molar-refractivity contribution is 5.96. The number of nitrogens with one attached hydrogen (secondary N) is 1. The van der Waals surface area contributed by atoms with E-state index in [1.807, 2.05) is 0 Å². The predicted octanol–water partition coefficient (Wildman–Crippen LogP) is 0.745. The standard InChI is InChI=1S/C10H18N2O3/c1-2-7-15-8-3-5-12-6-4-9(13)11-10(12)14/h2-8H2,1H3,(H,11,13,14). The number of hydrogen-bond acceptors (Lipinski definition) is 3. The van der Waals surface area contributed by atoms with Crippen LogP contribution in [0.15, 0.2) is 0 Å². The van der Waals surface area contributed by atoms with E-state index in [9.17, 15) is 9.59 Å². The van der Waals surface area contributed by atoms with Crippen molar-refractivity contribution in [1.82, 2.24) is 10.2 Å². The second-order valence-electron chi connectivity index (χ2n) is 3.56. The molecule has 0 aromatic heterocycles. The quantitative estimate of drug-likeness (QED) is 0.664. The largest absolute Gasteiger partial charge is 0.381 e. The van der Waals surface area contributed by atoms with E-state index in [1.54, 1.807) is 4.90 Å². The molecule has 0 aliphatic carbocycles. The summed E-state index contributed by atoms with van der Waals surface area (Å²) < 4.78 is 5.30. The predicted molar refractivity (Wildman–Crippen MR) is 55.5 cm³/mol. The minimum Gasteiger partial charge on any atom is -0.381 e. The molecule has 0 bridgehead atoms. The van der Waals surface area contributed by atoms with Gasteiger partial charge in [0.25, 0.3) is 0 Å². The molecule has 0 aromatic rings.